The van der Waals surface area contributed by atoms with Crippen LogP contribution in [0.4, 0.5) is 4.79 Å². The van der Waals surface area contributed by atoms with Crippen LogP contribution >= 0.6 is 0 Å². The van der Waals surface area contributed by atoms with Crippen molar-refractivity contribution < 1.29 is 24.2 Å². The highest BCUT2D eigenvalue weighted by Gasteiger charge is 2.34. The Morgan fingerprint density at radius 2 is 1.50 bits per heavy atom. The number of carboxylic acid groups (broad SMARTS) is 1. The van der Waals surface area contributed by atoms with E-state index in [0.29, 0.717) is 19.4 Å². The van der Waals surface area contributed by atoms with E-state index in [9.17, 15) is 19.5 Å². The fourth-order valence-corrected chi connectivity index (χ4v) is 4.97. The van der Waals surface area contributed by atoms with Crippen molar-refractivity contribution in [3.8, 4) is 11.1 Å². The maximum absolute atomic E-state index is 12.4. The largest absolute Gasteiger partial charge is 0.480 e. The van der Waals surface area contributed by atoms with Gasteiger partial charge in [-0.15, -0.1) is 0 Å². The number of nitrogens with one attached hydrogen (secondary N) is 2. The Balaban J connectivity index is 1.22. The van der Waals surface area contributed by atoms with Crippen LogP contribution in [0.3, 0.4) is 0 Å². The number of hydrogen-bond donors (Lipinski definition) is 3. The predicted molar refractivity (Wildman–Crippen MR) is 128 cm³/mol. The molecule has 3 N–H and O–H groups in total. The van der Waals surface area contributed by atoms with E-state index in [-0.39, 0.29) is 30.3 Å². The Kier molecular flexibility index (Phi) is 6.91. The molecule has 7 heteroatoms. The molecule has 1 fully saturated rings. The number of amides is 2. The number of carbonyl (C=O) groups excluding carboxylic acids is 2. The summed E-state index contributed by atoms with van der Waals surface area (Å²) in [7, 11) is 0. The minimum absolute atomic E-state index is 0.0298. The maximum atomic E-state index is 12.4. The molecule has 34 heavy (non-hydrogen) atoms. The lowest BCUT2D eigenvalue weighted by Crippen LogP contribution is -2.52. The highest BCUT2D eigenvalue weighted by atomic mass is 16.5. The number of carbonyl (C=O) groups is 3. The summed E-state index contributed by atoms with van der Waals surface area (Å²) in [4.78, 5) is 36.1. The number of carboxylic acids is 1. The van der Waals surface area contributed by atoms with Crippen LogP contribution < -0.4 is 10.6 Å². The van der Waals surface area contributed by atoms with E-state index in [4.69, 9.17) is 4.74 Å². The van der Waals surface area contributed by atoms with Gasteiger partial charge in [-0.25, -0.2) is 9.59 Å². The van der Waals surface area contributed by atoms with Gasteiger partial charge in [0.15, 0.2) is 0 Å². The van der Waals surface area contributed by atoms with Crippen molar-refractivity contribution in [3.05, 3.63) is 59.7 Å². The molecule has 2 aliphatic rings. The monoisotopic (exact) mass is 464 g/mol. The zero-order valence-electron chi connectivity index (χ0n) is 19.7. The number of hydrogen-bond acceptors (Lipinski definition) is 4. The maximum Gasteiger partial charge on any atom is 0.407 e. The van der Waals surface area contributed by atoms with E-state index in [1.54, 1.807) is 0 Å². The van der Waals surface area contributed by atoms with Gasteiger partial charge in [-0.3, -0.25) is 4.79 Å². The molecule has 4 rings (SSSR count). The van der Waals surface area contributed by atoms with Gasteiger partial charge in [0, 0.05) is 18.4 Å². The van der Waals surface area contributed by atoms with Gasteiger partial charge in [-0.1, -0.05) is 48.5 Å². The summed E-state index contributed by atoms with van der Waals surface area (Å²) in [6.07, 6.45) is 2.53. The van der Waals surface area contributed by atoms with E-state index in [1.807, 2.05) is 24.3 Å². The molecule has 0 unspecified atom stereocenters. The average molecular weight is 465 g/mol. The zero-order chi connectivity index (χ0) is 24.3. The van der Waals surface area contributed by atoms with E-state index < -0.39 is 17.6 Å². The first-order valence-electron chi connectivity index (χ1n) is 11.9. The minimum atomic E-state index is -1.28. The molecule has 2 aromatic carbocycles. The quantitative estimate of drug-likeness (QED) is 0.566. The number of fused-ring (bicyclic) bond motifs is 3. The molecule has 0 saturated heterocycles. The van der Waals surface area contributed by atoms with Crippen molar-refractivity contribution in [1.82, 2.24) is 10.6 Å². The smallest absolute Gasteiger partial charge is 0.407 e. The molecule has 1 saturated carbocycles. The standard InChI is InChI=1S/C27H32N2O5/c1-27(2,25(31)32)29-24(30)18-13-11-17(12-14-18)15-28-26(33)34-16-23-21-9-5-3-7-19(21)20-8-4-6-10-22(20)23/h3-10,17-18,23H,11-16H2,1-2H3,(H,28,33)(H,29,30)(H,31,32). The van der Waals surface area contributed by atoms with Crippen LogP contribution in [-0.4, -0.2) is 41.8 Å². The van der Waals surface area contributed by atoms with E-state index in [1.165, 1.54) is 36.1 Å². The topological polar surface area (TPSA) is 105 Å². The third-order valence-electron chi connectivity index (χ3n) is 7.07. The summed E-state index contributed by atoms with van der Waals surface area (Å²) in [6, 6.07) is 16.5. The highest BCUT2D eigenvalue weighted by Crippen LogP contribution is 2.44. The van der Waals surface area contributed by atoms with Crippen LogP contribution in [0.1, 0.15) is 56.6 Å². The first-order valence-corrected chi connectivity index (χ1v) is 11.9. The molecule has 7 nitrogen and oxygen atoms in total. The summed E-state index contributed by atoms with van der Waals surface area (Å²) >= 11 is 0. The van der Waals surface area contributed by atoms with Crippen molar-refractivity contribution in [2.75, 3.05) is 13.2 Å². The van der Waals surface area contributed by atoms with Crippen molar-refractivity contribution in [1.29, 1.82) is 0 Å². The number of rotatable bonds is 7. The number of benzene rings is 2. The normalized spacial score (nSPS) is 19.6. The molecule has 0 radical (unpaired) electrons. The summed E-state index contributed by atoms with van der Waals surface area (Å²) in [5.41, 5.74) is 3.47. The minimum Gasteiger partial charge on any atom is -0.480 e. The van der Waals surface area contributed by atoms with E-state index in [2.05, 4.69) is 34.9 Å². The average Bonchev–Trinajstić information content (AvgIpc) is 3.15. The highest BCUT2D eigenvalue weighted by molar-refractivity contribution is 5.87. The van der Waals surface area contributed by atoms with Gasteiger partial charge < -0.3 is 20.5 Å². The Labute approximate surface area is 199 Å². The van der Waals surface area contributed by atoms with Crippen LogP contribution in [0, 0.1) is 11.8 Å². The Bertz CT molecular complexity index is 1030. The second-order valence-electron chi connectivity index (χ2n) is 9.84. The van der Waals surface area contributed by atoms with Crippen LogP contribution in [-0.2, 0) is 14.3 Å². The van der Waals surface area contributed by atoms with Gasteiger partial charge in [0.05, 0.1) is 0 Å². The van der Waals surface area contributed by atoms with Gasteiger partial charge in [-0.2, -0.15) is 0 Å². The number of aliphatic carboxylic acids is 1. The van der Waals surface area contributed by atoms with Crippen molar-refractivity contribution in [2.45, 2.75) is 51.0 Å². The lowest BCUT2D eigenvalue weighted by molar-refractivity contribution is -0.147. The van der Waals surface area contributed by atoms with Crippen molar-refractivity contribution >= 4 is 18.0 Å². The number of alkyl carbamates (subject to hydrolysis) is 1. The molecule has 0 atom stereocenters. The summed E-state index contributed by atoms with van der Waals surface area (Å²) in [6.45, 7) is 3.76. The molecule has 180 valence electrons. The fraction of sp³-hybridized carbons (Fsp3) is 0.444. The Hall–Kier alpha value is -3.35. The summed E-state index contributed by atoms with van der Waals surface area (Å²) in [5.74, 6) is -1.15. The predicted octanol–water partition coefficient (Wildman–Crippen LogP) is 4.31. The van der Waals surface area contributed by atoms with Gasteiger partial charge in [0.2, 0.25) is 5.91 Å². The lowest BCUT2D eigenvalue weighted by atomic mass is 9.81. The first kappa shape index (κ1) is 23.8. The molecule has 0 spiro atoms. The molecule has 0 aliphatic heterocycles. The third kappa shape index (κ3) is 5.08. The van der Waals surface area contributed by atoms with Gasteiger partial charge >= 0.3 is 12.1 Å². The van der Waals surface area contributed by atoms with Crippen LogP contribution in [0.15, 0.2) is 48.5 Å². The second kappa shape index (κ2) is 9.87. The molecule has 2 aliphatic carbocycles. The second-order valence-corrected chi connectivity index (χ2v) is 9.84. The molecule has 2 aromatic rings. The molecular weight excluding hydrogens is 432 g/mol. The van der Waals surface area contributed by atoms with Crippen LogP contribution in [0.25, 0.3) is 11.1 Å². The lowest BCUT2D eigenvalue weighted by Gasteiger charge is -2.30. The molecule has 0 bridgehead atoms. The number of ether oxygens (including phenoxy) is 1. The van der Waals surface area contributed by atoms with Gasteiger partial charge in [0.1, 0.15) is 12.1 Å². The van der Waals surface area contributed by atoms with Crippen LogP contribution in [0.2, 0.25) is 0 Å². The zero-order valence-corrected chi connectivity index (χ0v) is 19.7. The Morgan fingerprint density at radius 3 is 2.06 bits per heavy atom. The van der Waals surface area contributed by atoms with Gasteiger partial charge in [-0.05, 0) is 67.7 Å². The molecule has 0 heterocycles. The third-order valence-corrected chi connectivity index (χ3v) is 7.07. The Morgan fingerprint density at radius 1 is 0.941 bits per heavy atom. The SMILES string of the molecule is CC(C)(NC(=O)C1CCC(CNC(=O)OCC2c3ccccc3-c3ccccc32)CC1)C(=O)O. The van der Waals surface area contributed by atoms with Crippen molar-refractivity contribution in [2.24, 2.45) is 11.8 Å². The molecular formula is C27H32N2O5. The van der Waals surface area contributed by atoms with E-state index >= 15 is 0 Å². The fourth-order valence-electron chi connectivity index (χ4n) is 4.97. The molecule has 0 aromatic heterocycles. The van der Waals surface area contributed by atoms with Gasteiger partial charge in [0.25, 0.3) is 0 Å². The molecule has 2 amide bonds. The van der Waals surface area contributed by atoms with E-state index in [0.717, 1.165) is 12.8 Å². The van der Waals surface area contributed by atoms with Crippen LogP contribution in [0.5, 0.6) is 0 Å². The first-order chi connectivity index (χ1) is 16.3. The van der Waals surface area contributed by atoms with Crippen molar-refractivity contribution in [3.63, 3.8) is 0 Å². The summed E-state index contributed by atoms with van der Waals surface area (Å²) < 4.78 is 5.60. The summed E-state index contributed by atoms with van der Waals surface area (Å²) in [5, 5.41) is 14.7.